The van der Waals surface area contributed by atoms with Crippen LogP contribution in [0.3, 0.4) is 0 Å². The molecule has 0 aromatic carbocycles. The first-order valence-electron chi connectivity index (χ1n) is 6.90. The number of anilines is 1. The van der Waals surface area contributed by atoms with Crippen LogP contribution in [-0.2, 0) is 11.3 Å². The third kappa shape index (κ3) is 3.72. The molecule has 2 N–H and O–H groups in total. The van der Waals surface area contributed by atoms with E-state index in [1.165, 1.54) is 4.68 Å². The maximum Gasteiger partial charge on any atom is 0.287 e. The van der Waals surface area contributed by atoms with E-state index in [9.17, 15) is 9.59 Å². The highest BCUT2D eigenvalue weighted by atomic mass is 35.5. The normalized spacial score (nSPS) is 14.1. The largest absolute Gasteiger partial charge is 0.381 e. The SMILES string of the molecule is CCCn1ncc(NCCNC(=O)C2CC2)c(Cl)c1=O. The molecule has 0 radical (unpaired) electrons. The standard InChI is InChI=1S/C13H19ClN4O2/c1-2-7-18-13(20)11(14)10(8-17-18)15-5-6-16-12(19)9-3-4-9/h8-9,15H,2-7H2,1H3,(H,16,19). The van der Waals surface area contributed by atoms with Crippen molar-refractivity contribution in [1.82, 2.24) is 15.1 Å². The minimum absolute atomic E-state index is 0.106. The number of hydrogen-bond acceptors (Lipinski definition) is 4. The van der Waals surface area contributed by atoms with Crippen molar-refractivity contribution in [1.29, 1.82) is 0 Å². The molecule has 1 aromatic rings. The van der Waals surface area contributed by atoms with E-state index in [4.69, 9.17) is 11.6 Å². The monoisotopic (exact) mass is 298 g/mol. The molecule has 0 aliphatic heterocycles. The Hall–Kier alpha value is -1.56. The Bertz CT molecular complexity index is 540. The number of nitrogens with zero attached hydrogens (tertiary/aromatic N) is 2. The summed E-state index contributed by atoms with van der Waals surface area (Å²) in [6, 6.07) is 0. The van der Waals surface area contributed by atoms with Gasteiger partial charge in [-0.15, -0.1) is 0 Å². The summed E-state index contributed by atoms with van der Waals surface area (Å²) in [5, 5.41) is 10.0. The second-order valence-corrected chi connectivity index (χ2v) is 5.27. The molecule has 1 amide bonds. The van der Waals surface area contributed by atoms with Gasteiger partial charge in [0.15, 0.2) is 0 Å². The zero-order valence-electron chi connectivity index (χ0n) is 11.5. The molecular weight excluding hydrogens is 280 g/mol. The number of hydrogen-bond donors (Lipinski definition) is 2. The molecule has 20 heavy (non-hydrogen) atoms. The molecular formula is C13H19ClN4O2. The minimum Gasteiger partial charge on any atom is -0.381 e. The van der Waals surface area contributed by atoms with Crippen molar-refractivity contribution in [3.8, 4) is 0 Å². The van der Waals surface area contributed by atoms with Crippen molar-refractivity contribution < 1.29 is 4.79 Å². The third-order valence-electron chi connectivity index (χ3n) is 3.11. The maximum absolute atomic E-state index is 11.9. The predicted molar refractivity (Wildman–Crippen MR) is 78.0 cm³/mol. The number of aryl methyl sites for hydroxylation is 1. The summed E-state index contributed by atoms with van der Waals surface area (Å²) in [6.07, 6.45) is 4.35. The van der Waals surface area contributed by atoms with E-state index >= 15 is 0 Å². The van der Waals surface area contributed by atoms with Gasteiger partial charge in [0.1, 0.15) is 5.02 Å². The first-order valence-corrected chi connectivity index (χ1v) is 7.28. The van der Waals surface area contributed by atoms with Crippen molar-refractivity contribution in [2.75, 3.05) is 18.4 Å². The molecule has 0 saturated heterocycles. The lowest BCUT2D eigenvalue weighted by atomic mass is 10.4. The van der Waals surface area contributed by atoms with E-state index in [1.54, 1.807) is 6.20 Å². The molecule has 1 saturated carbocycles. The Morgan fingerprint density at radius 2 is 2.25 bits per heavy atom. The van der Waals surface area contributed by atoms with Crippen LogP contribution in [0.15, 0.2) is 11.0 Å². The van der Waals surface area contributed by atoms with Crippen molar-refractivity contribution in [3.63, 3.8) is 0 Å². The summed E-state index contributed by atoms with van der Waals surface area (Å²) in [6.45, 7) is 3.54. The van der Waals surface area contributed by atoms with E-state index in [1.807, 2.05) is 6.92 Å². The lowest BCUT2D eigenvalue weighted by Crippen LogP contribution is -2.30. The molecule has 2 rings (SSSR count). The average molecular weight is 299 g/mol. The van der Waals surface area contributed by atoms with Gasteiger partial charge in [0.05, 0.1) is 11.9 Å². The van der Waals surface area contributed by atoms with Gasteiger partial charge >= 0.3 is 0 Å². The van der Waals surface area contributed by atoms with Crippen molar-refractivity contribution in [2.45, 2.75) is 32.7 Å². The molecule has 0 spiro atoms. The smallest absolute Gasteiger partial charge is 0.287 e. The summed E-state index contributed by atoms with van der Waals surface area (Å²) in [4.78, 5) is 23.3. The lowest BCUT2D eigenvalue weighted by Gasteiger charge is -2.10. The van der Waals surface area contributed by atoms with Gasteiger partial charge in [-0.2, -0.15) is 5.10 Å². The van der Waals surface area contributed by atoms with Crippen LogP contribution in [0.25, 0.3) is 0 Å². The number of amides is 1. The van der Waals surface area contributed by atoms with Crippen LogP contribution in [0.4, 0.5) is 5.69 Å². The minimum atomic E-state index is -0.291. The zero-order chi connectivity index (χ0) is 14.5. The summed E-state index contributed by atoms with van der Waals surface area (Å²) in [5.41, 5.74) is 0.213. The quantitative estimate of drug-likeness (QED) is 0.743. The highest BCUT2D eigenvalue weighted by Gasteiger charge is 2.28. The van der Waals surface area contributed by atoms with E-state index < -0.39 is 0 Å². The van der Waals surface area contributed by atoms with Gasteiger partial charge < -0.3 is 10.6 Å². The number of aromatic nitrogens is 2. The highest BCUT2D eigenvalue weighted by Crippen LogP contribution is 2.28. The van der Waals surface area contributed by atoms with Crippen molar-refractivity contribution >= 4 is 23.2 Å². The fourth-order valence-corrected chi connectivity index (χ4v) is 2.05. The number of carbonyl (C=O) groups excluding carboxylic acids is 1. The van der Waals surface area contributed by atoms with E-state index in [0.29, 0.717) is 25.3 Å². The van der Waals surface area contributed by atoms with Crippen molar-refractivity contribution in [2.24, 2.45) is 5.92 Å². The first kappa shape index (κ1) is 14.8. The Morgan fingerprint density at radius 1 is 1.50 bits per heavy atom. The van der Waals surface area contributed by atoms with Gasteiger partial charge in [0, 0.05) is 25.6 Å². The fraction of sp³-hybridized carbons (Fsp3) is 0.615. The third-order valence-corrected chi connectivity index (χ3v) is 3.47. The molecule has 1 aromatic heterocycles. The second kappa shape index (κ2) is 6.74. The Morgan fingerprint density at radius 3 is 2.90 bits per heavy atom. The van der Waals surface area contributed by atoms with Crippen LogP contribution >= 0.6 is 11.6 Å². The molecule has 1 heterocycles. The fourth-order valence-electron chi connectivity index (χ4n) is 1.83. The molecule has 0 bridgehead atoms. The van der Waals surface area contributed by atoms with Gasteiger partial charge in [-0.1, -0.05) is 18.5 Å². The summed E-state index contributed by atoms with van der Waals surface area (Å²) in [5.74, 6) is 0.313. The van der Waals surface area contributed by atoms with Crippen LogP contribution in [0.5, 0.6) is 0 Å². The van der Waals surface area contributed by atoms with Gasteiger partial charge in [0.25, 0.3) is 5.56 Å². The second-order valence-electron chi connectivity index (χ2n) is 4.89. The van der Waals surface area contributed by atoms with Gasteiger partial charge in [-0.25, -0.2) is 4.68 Å². The Labute approximate surface area is 122 Å². The maximum atomic E-state index is 11.9. The van der Waals surface area contributed by atoms with Crippen LogP contribution in [0.1, 0.15) is 26.2 Å². The van der Waals surface area contributed by atoms with Crippen LogP contribution < -0.4 is 16.2 Å². The molecule has 6 nitrogen and oxygen atoms in total. The zero-order valence-corrected chi connectivity index (χ0v) is 12.2. The first-order chi connectivity index (χ1) is 9.63. The van der Waals surface area contributed by atoms with Crippen LogP contribution in [0, 0.1) is 5.92 Å². The van der Waals surface area contributed by atoms with Crippen molar-refractivity contribution in [3.05, 3.63) is 21.6 Å². The molecule has 1 fully saturated rings. The van der Waals surface area contributed by atoms with Crippen LogP contribution in [0.2, 0.25) is 5.02 Å². The number of nitrogens with one attached hydrogen (secondary N) is 2. The summed E-state index contributed by atoms with van der Waals surface area (Å²) < 4.78 is 1.35. The van der Waals surface area contributed by atoms with Gasteiger partial charge in [-0.3, -0.25) is 9.59 Å². The molecule has 110 valence electrons. The molecule has 1 aliphatic rings. The Balaban J connectivity index is 1.84. The lowest BCUT2D eigenvalue weighted by molar-refractivity contribution is -0.122. The molecule has 1 aliphatic carbocycles. The van der Waals surface area contributed by atoms with E-state index in [2.05, 4.69) is 15.7 Å². The molecule has 7 heteroatoms. The summed E-state index contributed by atoms with van der Waals surface area (Å²) >= 11 is 6.01. The molecule has 0 unspecified atom stereocenters. The number of halogens is 1. The van der Waals surface area contributed by atoms with Crippen LogP contribution in [-0.4, -0.2) is 28.8 Å². The predicted octanol–water partition coefficient (Wildman–Crippen LogP) is 1.24. The highest BCUT2D eigenvalue weighted by molar-refractivity contribution is 6.32. The van der Waals surface area contributed by atoms with E-state index in [0.717, 1.165) is 19.3 Å². The van der Waals surface area contributed by atoms with E-state index in [-0.39, 0.29) is 22.4 Å². The van der Waals surface area contributed by atoms with Gasteiger partial charge in [0.2, 0.25) is 5.91 Å². The number of rotatable bonds is 7. The van der Waals surface area contributed by atoms with Gasteiger partial charge in [-0.05, 0) is 19.3 Å². The number of carbonyl (C=O) groups is 1. The Kier molecular flexibility index (Phi) is 5.00. The summed E-state index contributed by atoms with van der Waals surface area (Å²) in [7, 11) is 0. The average Bonchev–Trinajstić information content (AvgIpc) is 3.26. The molecule has 0 atom stereocenters. The topological polar surface area (TPSA) is 76.0 Å².